The average Bonchev–Trinajstić information content (AvgIpc) is 2.91. The van der Waals surface area contributed by atoms with Gasteiger partial charge < -0.3 is 14.0 Å². The van der Waals surface area contributed by atoms with Crippen molar-refractivity contribution in [1.29, 1.82) is 0 Å². The van der Waals surface area contributed by atoms with E-state index in [2.05, 4.69) is 23.4 Å². The van der Waals surface area contributed by atoms with Crippen LogP contribution in [0, 0.1) is 6.92 Å². The predicted octanol–water partition coefficient (Wildman–Crippen LogP) is 3.35. The first-order valence-corrected chi connectivity index (χ1v) is 8.19. The zero-order valence-electron chi connectivity index (χ0n) is 13.7. The van der Waals surface area contributed by atoms with Gasteiger partial charge in [-0.1, -0.05) is 5.16 Å². The summed E-state index contributed by atoms with van der Waals surface area (Å²) >= 11 is 1.70. The van der Waals surface area contributed by atoms with Crippen LogP contribution < -0.4 is 9.47 Å². The Bertz CT molecular complexity index is 628. The summed E-state index contributed by atoms with van der Waals surface area (Å²) in [6, 6.07) is 6.01. The topological polar surface area (TPSA) is 47.7 Å². The number of methoxy groups -OCH3 is 2. The monoisotopic (exact) mass is 322 g/mol. The Labute approximate surface area is 135 Å². The van der Waals surface area contributed by atoms with Crippen LogP contribution in [0.2, 0.25) is 0 Å². The molecule has 0 amide bonds. The van der Waals surface area contributed by atoms with Gasteiger partial charge in [0.1, 0.15) is 0 Å². The van der Waals surface area contributed by atoms with Gasteiger partial charge in [-0.25, -0.2) is 0 Å². The van der Waals surface area contributed by atoms with Crippen LogP contribution in [0.25, 0.3) is 0 Å². The number of ether oxygens (including phenoxy) is 2. The fourth-order valence-electron chi connectivity index (χ4n) is 2.32. The highest BCUT2D eigenvalue weighted by Crippen LogP contribution is 2.35. The molecule has 2 aromatic rings. The van der Waals surface area contributed by atoms with E-state index in [1.165, 1.54) is 10.5 Å². The van der Waals surface area contributed by atoms with Gasteiger partial charge in [-0.05, 0) is 37.9 Å². The molecule has 0 bridgehead atoms. The van der Waals surface area contributed by atoms with Crippen LogP contribution in [0.4, 0.5) is 0 Å². The van der Waals surface area contributed by atoms with Gasteiger partial charge in [-0.15, -0.1) is 11.8 Å². The summed E-state index contributed by atoms with van der Waals surface area (Å²) in [5.74, 6) is 2.37. The zero-order valence-corrected chi connectivity index (χ0v) is 14.5. The lowest BCUT2D eigenvalue weighted by Gasteiger charge is -2.19. The van der Waals surface area contributed by atoms with E-state index in [1.54, 1.807) is 26.0 Å². The molecule has 0 unspecified atom stereocenters. The molecule has 1 aromatic heterocycles. The summed E-state index contributed by atoms with van der Waals surface area (Å²) in [6.07, 6.45) is 2.06. The predicted molar refractivity (Wildman–Crippen MR) is 87.7 cm³/mol. The van der Waals surface area contributed by atoms with Gasteiger partial charge in [0.05, 0.1) is 26.5 Å². The maximum Gasteiger partial charge on any atom is 0.161 e. The minimum absolute atomic E-state index is 0.711. The van der Waals surface area contributed by atoms with Crippen molar-refractivity contribution in [3.63, 3.8) is 0 Å². The lowest BCUT2D eigenvalue weighted by atomic mass is 10.2. The zero-order chi connectivity index (χ0) is 16.1. The molecule has 0 saturated carbocycles. The average molecular weight is 322 g/mol. The summed E-state index contributed by atoms with van der Waals surface area (Å²) < 4.78 is 16.0. The molecule has 1 heterocycles. The van der Waals surface area contributed by atoms with Crippen LogP contribution in [0.3, 0.4) is 0 Å². The van der Waals surface area contributed by atoms with Crippen molar-refractivity contribution in [2.45, 2.75) is 24.9 Å². The summed E-state index contributed by atoms with van der Waals surface area (Å²) in [7, 11) is 5.36. The minimum atomic E-state index is 0.711. The van der Waals surface area contributed by atoms with E-state index in [0.29, 0.717) is 6.54 Å². The second kappa shape index (κ2) is 7.56. The van der Waals surface area contributed by atoms with Gasteiger partial charge >= 0.3 is 0 Å². The molecule has 0 fully saturated rings. The Morgan fingerprint density at radius 2 is 1.82 bits per heavy atom. The van der Waals surface area contributed by atoms with Gasteiger partial charge in [0.2, 0.25) is 0 Å². The molecule has 0 radical (unpaired) electrons. The van der Waals surface area contributed by atoms with Crippen LogP contribution in [0.1, 0.15) is 17.0 Å². The fraction of sp³-hybridized carbons (Fsp3) is 0.438. The molecule has 2 rings (SSSR count). The number of aryl methyl sites for hydroxylation is 1. The normalized spacial score (nSPS) is 11.0. The standard InChI is InChI=1S/C16H22N2O3S/c1-11-6-13(21-17-11)10-18(2)9-12-7-14(19-3)15(20-4)8-16(12)22-5/h6-8H,9-10H2,1-5H3. The highest BCUT2D eigenvalue weighted by atomic mass is 32.2. The molecule has 0 aliphatic rings. The number of hydrogen-bond acceptors (Lipinski definition) is 6. The number of rotatable bonds is 7. The second-order valence-electron chi connectivity index (χ2n) is 5.13. The Hall–Kier alpha value is -1.66. The van der Waals surface area contributed by atoms with Crippen LogP contribution >= 0.6 is 11.8 Å². The molecule has 0 saturated heterocycles. The van der Waals surface area contributed by atoms with Crippen molar-refractivity contribution in [3.8, 4) is 11.5 Å². The van der Waals surface area contributed by atoms with Crippen molar-refractivity contribution < 1.29 is 14.0 Å². The molecule has 0 atom stereocenters. The van der Waals surface area contributed by atoms with E-state index in [9.17, 15) is 0 Å². The van der Waals surface area contributed by atoms with Crippen molar-refractivity contribution in [1.82, 2.24) is 10.1 Å². The molecule has 0 N–H and O–H groups in total. The third kappa shape index (κ3) is 3.96. The van der Waals surface area contributed by atoms with Gasteiger partial charge in [0, 0.05) is 17.5 Å². The first-order valence-electron chi connectivity index (χ1n) is 6.97. The van der Waals surface area contributed by atoms with Gasteiger partial charge in [0.15, 0.2) is 17.3 Å². The molecule has 120 valence electrons. The van der Waals surface area contributed by atoms with E-state index in [-0.39, 0.29) is 0 Å². The van der Waals surface area contributed by atoms with Crippen molar-refractivity contribution in [3.05, 3.63) is 35.2 Å². The molecule has 0 aliphatic heterocycles. The summed E-state index contributed by atoms with van der Waals surface area (Å²) in [5, 5.41) is 3.92. The maximum absolute atomic E-state index is 5.40. The molecular weight excluding hydrogens is 300 g/mol. The Morgan fingerprint density at radius 1 is 1.14 bits per heavy atom. The van der Waals surface area contributed by atoms with Crippen molar-refractivity contribution in [2.75, 3.05) is 27.5 Å². The van der Waals surface area contributed by atoms with Crippen LogP contribution in [0.15, 0.2) is 27.6 Å². The van der Waals surface area contributed by atoms with Gasteiger partial charge in [0.25, 0.3) is 0 Å². The van der Waals surface area contributed by atoms with Crippen LogP contribution in [-0.4, -0.2) is 37.6 Å². The van der Waals surface area contributed by atoms with Crippen molar-refractivity contribution in [2.24, 2.45) is 0 Å². The number of thioether (sulfide) groups is 1. The Kier molecular flexibility index (Phi) is 5.74. The fourth-order valence-corrected chi connectivity index (χ4v) is 2.93. The smallest absolute Gasteiger partial charge is 0.161 e. The number of benzene rings is 1. The molecule has 6 heteroatoms. The van der Waals surface area contributed by atoms with Gasteiger partial charge in [-0.2, -0.15) is 0 Å². The molecule has 1 aromatic carbocycles. The molecule has 5 nitrogen and oxygen atoms in total. The second-order valence-corrected chi connectivity index (χ2v) is 5.97. The summed E-state index contributed by atoms with van der Waals surface area (Å²) in [4.78, 5) is 3.36. The third-order valence-corrected chi connectivity index (χ3v) is 4.15. The van der Waals surface area contributed by atoms with Crippen LogP contribution in [0.5, 0.6) is 11.5 Å². The first-order chi connectivity index (χ1) is 10.6. The van der Waals surface area contributed by atoms with E-state index in [0.717, 1.165) is 29.5 Å². The minimum Gasteiger partial charge on any atom is -0.493 e. The SMILES string of the molecule is COc1cc(CN(C)Cc2cc(C)no2)c(SC)cc1OC. The molecule has 0 spiro atoms. The Morgan fingerprint density at radius 3 is 2.36 bits per heavy atom. The number of nitrogens with zero attached hydrogens (tertiary/aromatic N) is 2. The number of aromatic nitrogens is 1. The van der Waals surface area contributed by atoms with E-state index < -0.39 is 0 Å². The lowest BCUT2D eigenvalue weighted by molar-refractivity contribution is 0.264. The highest BCUT2D eigenvalue weighted by Gasteiger charge is 2.13. The largest absolute Gasteiger partial charge is 0.493 e. The third-order valence-electron chi connectivity index (χ3n) is 3.33. The Balaban J connectivity index is 2.16. The van der Waals surface area contributed by atoms with E-state index >= 15 is 0 Å². The summed E-state index contributed by atoms with van der Waals surface area (Å²) in [5.41, 5.74) is 2.10. The molecular formula is C16H22N2O3S. The maximum atomic E-state index is 5.40. The van der Waals surface area contributed by atoms with E-state index in [1.807, 2.05) is 25.1 Å². The molecule has 22 heavy (non-hydrogen) atoms. The first kappa shape index (κ1) is 16.7. The van der Waals surface area contributed by atoms with Gasteiger partial charge in [-0.3, -0.25) is 4.90 Å². The van der Waals surface area contributed by atoms with Crippen molar-refractivity contribution >= 4 is 11.8 Å². The quantitative estimate of drug-likeness (QED) is 0.729. The highest BCUT2D eigenvalue weighted by molar-refractivity contribution is 7.98. The lowest BCUT2D eigenvalue weighted by Crippen LogP contribution is -2.17. The number of hydrogen-bond donors (Lipinski definition) is 0. The van der Waals surface area contributed by atoms with E-state index in [4.69, 9.17) is 14.0 Å². The summed E-state index contributed by atoms with van der Waals surface area (Å²) in [6.45, 7) is 3.42. The van der Waals surface area contributed by atoms with Crippen LogP contribution in [-0.2, 0) is 13.1 Å². The molecule has 0 aliphatic carbocycles.